The number of halogens is 3. The van der Waals surface area contributed by atoms with E-state index >= 15 is 0 Å². The van der Waals surface area contributed by atoms with Gasteiger partial charge in [0.1, 0.15) is 6.54 Å². The first-order chi connectivity index (χ1) is 13.2. The monoisotopic (exact) mass is 400 g/mol. The molecule has 2 amide bonds. The van der Waals surface area contributed by atoms with Crippen LogP contribution in [0.25, 0.3) is 0 Å². The SMILES string of the molecule is C[C@@H](OC(=O)CNC(=O)c1ccc(C(F)(F)F)cc1)C(=O)NC1CCCCC1. The first-order valence-electron chi connectivity index (χ1n) is 9.12. The van der Waals surface area contributed by atoms with Crippen molar-refractivity contribution in [2.75, 3.05) is 6.54 Å². The van der Waals surface area contributed by atoms with Crippen molar-refractivity contribution in [2.24, 2.45) is 0 Å². The highest BCUT2D eigenvalue weighted by Gasteiger charge is 2.30. The van der Waals surface area contributed by atoms with Crippen molar-refractivity contribution in [3.63, 3.8) is 0 Å². The zero-order valence-corrected chi connectivity index (χ0v) is 15.5. The molecular formula is C19H23F3N2O4. The maximum atomic E-state index is 12.5. The zero-order valence-electron chi connectivity index (χ0n) is 15.5. The molecule has 0 heterocycles. The Balaban J connectivity index is 1.76. The molecule has 0 saturated heterocycles. The minimum absolute atomic E-state index is 0.0242. The Hall–Kier alpha value is -2.58. The third-order valence-electron chi connectivity index (χ3n) is 4.50. The summed E-state index contributed by atoms with van der Waals surface area (Å²) in [6.45, 7) is 0.939. The van der Waals surface area contributed by atoms with Gasteiger partial charge in [-0.15, -0.1) is 0 Å². The van der Waals surface area contributed by atoms with Crippen LogP contribution in [0.1, 0.15) is 54.9 Å². The summed E-state index contributed by atoms with van der Waals surface area (Å²) in [4.78, 5) is 35.8. The fourth-order valence-corrected chi connectivity index (χ4v) is 2.92. The maximum absolute atomic E-state index is 12.5. The molecule has 0 aromatic heterocycles. The molecule has 1 aliphatic rings. The smallest absolute Gasteiger partial charge is 0.416 e. The molecule has 6 nitrogen and oxygen atoms in total. The average Bonchev–Trinajstić information content (AvgIpc) is 2.66. The van der Waals surface area contributed by atoms with E-state index in [0.717, 1.165) is 56.4 Å². The minimum Gasteiger partial charge on any atom is -0.451 e. The topological polar surface area (TPSA) is 84.5 Å². The number of carbonyl (C=O) groups is 3. The van der Waals surface area contributed by atoms with Crippen molar-refractivity contribution < 1.29 is 32.3 Å². The Labute approximate surface area is 160 Å². The molecule has 2 N–H and O–H groups in total. The lowest BCUT2D eigenvalue weighted by molar-refractivity contribution is -0.154. The number of benzene rings is 1. The van der Waals surface area contributed by atoms with E-state index in [1.54, 1.807) is 0 Å². The van der Waals surface area contributed by atoms with Gasteiger partial charge in [-0.05, 0) is 44.0 Å². The number of alkyl halides is 3. The summed E-state index contributed by atoms with van der Waals surface area (Å²) in [5.74, 6) is -1.93. The third-order valence-corrected chi connectivity index (χ3v) is 4.50. The van der Waals surface area contributed by atoms with E-state index in [9.17, 15) is 27.6 Å². The average molecular weight is 400 g/mol. The first kappa shape index (κ1) is 21.7. The van der Waals surface area contributed by atoms with Crippen LogP contribution in [0, 0.1) is 0 Å². The van der Waals surface area contributed by atoms with E-state index in [2.05, 4.69) is 10.6 Å². The molecule has 1 atom stereocenters. The van der Waals surface area contributed by atoms with E-state index in [4.69, 9.17) is 4.74 Å². The standard InChI is InChI=1S/C19H23F3N2O4/c1-12(17(26)24-15-5-3-2-4-6-15)28-16(25)11-23-18(27)13-7-9-14(10-8-13)19(20,21)22/h7-10,12,15H,2-6,11H2,1H3,(H,23,27)(H,24,26)/t12-/m1/s1. The molecule has 9 heteroatoms. The van der Waals surface area contributed by atoms with Crippen molar-refractivity contribution in [1.29, 1.82) is 0 Å². The molecule has 1 aliphatic carbocycles. The molecule has 0 bridgehead atoms. The lowest BCUT2D eigenvalue weighted by atomic mass is 9.95. The summed E-state index contributed by atoms with van der Waals surface area (Å²) in [6.07, 6.45) is -0.449. The Morgan fingerprint density at radius 3 is 2.29 bits per heavy atom. The normalized spacial score (nSPS) is 16.1. The van der Waals surface area contributed by atoms with E-state index in [-0.39, 0.29) is 11.6 Å². The van der Waals surface area contributed by atoms with Crippen LogP contribution in [-0.2, 0) is 20.5 Å². The van der Waals surface area contributed by atoms with Gasteiger partial charge in [0, 0.05) is 11.6 Å². The number of rotatable bonds is 6. The first-order valence-corrected chi connectivity index (χ1v) is 9.12. The zero-order chi connectivity index (χ0) is 20.7. The Morgan fingerprint density at radius 2 is 1.71 bits per heavy atom. The number of hydrogen-bond acceptors (Lipinski definition) is 4. The van der Waals surface area contributed by atoms with E-state index in [1.165, 1.54) is 6.92 Å². The van der Waals surface area contributed by atoms with Crippen LogP contribution in [-0.4, -0.2) is 36.5 Å². The van der Waals surface area contributed by atoms with Gasteiger partial charge in [-0.3, -0.25) is 14.4 Å². The second-order valence-electron chi connectivity index (χ2n) is 6.73. The van der Waals surface area contributed by atoms with Gasteiger partial charge in [-0.2, -0.15) is 13.2 Å². The van der Waals surface area contributed by atoms with Gasteiger partial charge >= 0.3 is 12.1 Å². The van der Waals surface area contributed by atoms with E-state index < -0.39 is 42.2 Å². The predicted molar refractivity (Wildman–Crippen MR) is 94.3 cm³/mol. The second kappa shape index (κ2) is 9.57. The summed E-state index contributed by atoms with van der Waals surface area (Å²) in [5.41, 5.74) is -0.898. The quantitative estimate of drug-likeness (QED) is 0.720. The molecule has 0 aliphatic heterocycles. The fraction of sp³-hybridized carbons (Fsp3) is 0.526. The number of amides is 2. The lowest BCUT2D eigenvalue weighted by Crippen LogP contribution is -2.43. The third kappa shape index (κ3) is 6.54. The van der Waals surface area contributed by atoms with Crippen molar-refractivity contribution in [2.45, 2.75) is 57.3 Å². The molecule has 2 rings (SSSR count). The summed E-state index contributed by atoms with van der Waals surface area (Å²) in [7, 11) is 0. The van der Waals surface area contributed by atoms with Crippen LogP contribution >= 0.6 is 0 Å². The molecule has 0 unspecified atom stereocenters. The number of carbonyl (C=O) groups excluding carboxylic acids is 3. The summed E-state index contributed by atoms with van der Waals surface area (Å²) in [5, 5.41) is 5.09. The van der Waals surface area contributed by atoms with Crippen molar-refractivity contribution in [1.82, 2.24) is 10.6 Å². The van der Waals surface area contributed by atoms with Crippen molar-refractivity contribution in [3.8, 4) is 0 Å². The van der Waals surface area contributed by atoms with Gasteiger partial charge < -0.3 is 15.4 Å². The summed E-state index contributed by atoms with van der Waals surface area (Å²) < 4.78 is 42.5. The minimum atomic E-state index is -4.49. The Morgan fingerprint density at radius 1 is 1.11 bits per heavy atom. The van der Waals surface area contributed by atoms with E-state index in [0.29, 0.717) is 0 Å². The van der Waals surface area contributed by atoms with E-state index in [1.807, 2.05) is 0 Å². The number of ether oxygens (including phenoxy) is 1. The lowest BCUT2D eigenvalue weighted by Gasteiger charge is -2.24. The van der Waals surface area contributed by atoms with Crippen LogP contribution in [0.4, 0.5) is 13.2 Å². The molecule has 28 heavy (non-hydrogen) atoms. The Kier molecular flexibility index (Phi) is 7.42. The molecule has 0 radical (unpaired) electrons. The number of hydrogen-bond donors (Lipinski definition) is 2. The maximum Gasteiger partial charge on any atom is 0.416 e. The van der Waals surface area contributed by atoms with Crippen LogP contribution < -0.4 is 10.6 Å². The van der Waals surface area contributed by atoms with Crippen LogP contribution in [0.3, 0.4) is 0 Å². The largest absolute Gasteiger partial charge is 0.451 e. The van der Waals surface area contributed by atoms with Gasteiger partial charge in [0.2, 0.25) is 0 Å². The highest BCUT2D eigenvalue weighted by Crippen LogP contribution is 2.29. The molecule has 0 spiro atoms. The van der Waals surface area contributed by atoms with Gasteiger partial charge in [0.15, 0.2) is 6.10 Å². The second-order valence-corrected chi connectivity index (χ2v) is 6.73. The van der Waals surface area contributed by atoms with Gasteiger partial charge in [0.25, 0.3) is 11.8 Å². The molecule has 1 fully saturated rings. The Bertz CT molecular complexity index is 698. The van der Waals surface area contributed by atoms with Gasteiger partial charge in [-0.1, -0.05) is 19.3 Å². The molecule has 1 aromatic carbocycles. The highest BCUT2D eigenvalue weighted by atomic mass is 19.4. The predicted octanol–water partition coefficient (Wildman–Crippen LogP) is 2.82. The van der Waals surface area contributed by atoms with Gasteiger partial charge in [0.05, 0.1) is 5.56 Å². The highest BCUT2D eigenvalue weighted by molar-refractivity contribution is 5.96. The van der Waals surface area contributed by atoms with Gasteiger partial charge in [-0.25, -0.2) is 0 Å². The van der Waals surface area contributed by atoms with Crippen LogP contribution in [0.15, 0.2) is 24.3 Å². The number of nitrogens with one attached hydrogen (secondary N) is 2. The molecular weight excluding hydrogens is 377 g/mol. The van der Waals surface area contributed by atoms with Crippen molar-refractivity contribution in [3.05, 3.63) is 35.4 Å². The molecule has 1 saturated carbocycles. The number of esters is 1. The van der Waals surface area contributed by atoms with Crippen LogP contribution in [0.2, 0.25) is 0 Å². The molecule has 1 aromatic rings. The summed E-state index contributed by atoms with van der Waals surface area (Å²) >= 11 is 0. The summed E-state index contributed by atoms with van der Waals surface area (Å²) in [6, 6.07) is 3.69. The van der Waals surface area contributed by atoms with Crippen molar-refractivity contribution >= 4 is 17.8 Å². The molecule has 154 valence electrons. The fourth-order valence-electron chi connectivity index (χ4n) is 2.92. The van der Waals surface area contributed by atoms with Crippen LogP contribution in [0.5, 0.6) is 0 Å².